The van der Waals surface area contributed by atoms with Crippen LogP contribution in [0.15, 0.2) is 15.2 Å². The summed E-state index contributed by atoms with van der Waals surface area (Å²) in [7, 11) is 0. The van der Waals surface area contributed by atoms with Gasteiger partial charge in [0.25, 0.3) is 0 Å². The Balaban J connectivity index is 2.85. The van der Waals surface area contributed by atoms with Crippen molar-refractivity contribution >= 4 is 15.9 Å². The summed E-state index contributed by atoms with van der Waals surface area (Å²) in [6.07, 6.45) is 0. The second kappa shape index (κ2) is 2.49. The van der Waals surface area contributed by atoms with Crippen molar-refractivity contribution in [1.82, 2.24) is 5.16 Å². The van der Waals surface area contributed by atoms with E-state index in [1.54, 1.807) is 6.07 Å². The lowest BCUT2D eigenvalue weighted by atomic mass is 10.3. The van der Waals surface area contributed by atoms with Gasteiger partial charge in [0.2, 0.25) is 0 Å². The molecule has 1 aromatic rings. The summed E-state index contributed by atoms with van der Waals surface area (Å²) in [5.74, 6) is 0.696. The SMILES string of the molecule is C[C@@H](N)c1cc(Br)no1. The first-order valence-corrected chi connectivity index (χ1v) is 3.37. The molecule has 50 valence electrons. The zero-order chi connectivity index (χ0) is 6.85. The molecule has 1 heterocycles. The van der Waals surface area contributed by atoms with Gasteiger partial charge in [-0.25, -0.2) is 0 Å². The van der Waals surface area contributed by atoms with Crippen LogP contribution in [-0.4, -0.2) is 5.16 Å². The molecule has 0 radical (unpaired) electrons. The van der Waals surface area contributed by atoms with Gasteiger partial charge in [-0.3, -0.25) is 0 Å². The second-order valence-corrected chi connectivity index (χ2v) is 2.65. The van der Waals surface area contributed by atoms with Crippen LogP contribution in [0.25, 0.3) is 0 Å². The van der Waals surface area contributed by atoms with E-state index in [1.165, 1.54) is 0 Å². The minimum atomic E-state index is -0.0798. The van der Waals surface area contributed by atoms with Crippen LogP contribution in [0.2, 0.25) is 0 Å². The third kappa shape index (κ3) is 1.53. The predicted octanol–water partition coefficient (Wildman–Crippen LogP) is 1.46. The standard InChI is InChI=1S/C5H7BrN2O/c1-3(7)4-2-5(6)8-9-4/h2-3H,7H2,1H3/t3-/m1/s1. The van der Waals surface area contributed by atoms with Gasteiger partial charge in [-0.05, 0) is 22.9 Å². The molecule has 0 amide bonds. The van der Waals surface area contributed by atoms with Gasteiger partial charge in [0.15, 0.2) is 5.76 Å². The lowest BCUT2D eigenvalue weighted by Crippen LogP contribution is -2.02. The van der Waals surface area contributed by atoms with E-state index in [1.807, 2.05) is 6.92 Å². The van der Waals surface area contributed by atoms with Crippen LogP contribution in [0.5, 0.6) is 0 Å². The summed E-state index contributed by atoms with van der Waals surface area (Å²) in [6.45, 7) is 1.84. The van der Waals surface area contributed by atoms with Crippen molar-refractivity contribution in [2.75, 3.05) is 0 Å². The Morgan fingerprint density at radius 2 is 2.56 bits per heavy atom. The minimum absolute atomic E-state index is 0.0798. The Hall–Kier alpha value is -0.350. The van der Waals surface area contributed by atoms with Crippen molar-refractivity contribution in [2.45, 2.75) is 13.0 Å². The molecule has 4 heteroatoms. The average molecular weight is 191 g/mol. The average Bonchev–Trinajstić information content (AvgIpc) is 2.14. The van der Waals surface area contributed by atoms with Crippen LogP contribution in [0.3, 0.4) is 0 Å². The smallest absolute Gasteiger partial charge is 0.154 e. The van der Waals surface area contributed by atoms with Crippen molar-refractivity contribution < 1.29 is 4.52 Å². The molecule has 0 unspecified atom stereocenters. The molecule has 0 bridgehead atoms. The van der Waals surface area contributed by atoms with E-state index in [0.717, 1.165) is 0 Å². The zero-order valence-corrected chi connectivity index (χ0v) is 6.55. The van der Waals surface area contributed by atoms with Crippen molar-refractivity contribution in [1.29, 1.82) is 0 Å². The number of aromatic nitrogens is 1. The Bertz CT molecular complexity index is 197. The van der Waals surface area contributed by atoms with Crippen LogP contribution < -0.4 is 5.73 Å². The second-order valence-electron chi connectivity index (χ2n) is 1.84. The predicted molar refractivity (Wildman–Crippen MR) is 36.8 cm³/mol. The fraction of sp³-hybridized carbons (Fsp3) is 0.400. The molecule has 3 nitrogen and oxygen atoms in total. The maximum absolute atomic E-state index is 5.47. The van der Waals surface area contributed by atoms with E-state index < -0.39 is 0 Å². The van der Waals surface area contributed by atoms with Crippen molar-refractivity contribution in [3.63, 3.8) is 0 Å². The number of nitrogens with two attached hydrogens (primary N) is 1. The molecule has 9 heavy (non-hydrogen) atoms. The molecule has 1 atom stereocenters. The summed E-state index contributed by atoms with van der Waals surface area (Å²) in [6, 6.07) is 1.67. The van der Waals surface area contributed by atoms with E-state index in [4.69, 9.17) is 10.3 Å². The lowest BCUT2D eigenvalue weighted by molar-refractivity contribution is 0.365. The highest BCUT2D eigenvalue weighted by Crippen LogP contribution is 2.14. The molecular weight excluding hydrogens is 184 g/mol. The van der Waals surface area contributed by atoms with Crippen molar-refractivity contribution in [2.24, 2.45) is 5.73 Å². The number of halogens is 1. The fourth-order valence-electron chi connectivity index (χ4n) is 0.481. The van der Waals surface area contributed by atoms with E-state index in [2.05, 4.69) is 21.1 Å². The first kappa shape index (κ1) is 6.77. The first-order chi connectivity index (χ1) is 4.20. The molecule has 0 spiro atoms. The van der Waals surface area contributed by atoms with Gasteiger partial charge in [0.05, 0.1) is 6.04 Å². The summed E-state index contributed by atoms with van der Waals surface area (Å²) >= 11 is 3.14. The monoisotopic (exact) mass is 190 g/mol. The van der Waals surface area contributed by atoms with Gasteiger partial charge in [-0.15, -0.1) is 0 Å². The van der Waals surface area contributed by atoms with E-state index in [9.17, 15) is 0 Å². The molecular formula is C5H7BrN2O. The molecule has 0 aliphatic carbocycles. The highest BCUT2D eigenvalue weighted by Gasteiger charge is 2.04. The van der Waals surface area contributed by atoms with Crippen molar-refractivity contribution in [3.05, 3.63) is 16.4 Å². The Morgan fingerprint density at radius 1 is 1.89 bits per heavy atom. The molecule has 1 rings (SSSR count). The Morgan fingerprint density at radius 3 is 2.78 bits per heavy atom. The van der Waals surface area contributed by atoms with Gasteiger partial charge in [0.1, 0.15) is 4.60 Å². The topological polar surface area (TPSA) is 52.0 Å². The van der Waals surface area contributed by atoms with Gasteiger partial charge < -0.3 is 10.3 Å². The van der Waals surface area contributed by atoms with E-state index in [-0.39, 0.29) is 6.04 Å². The van der Waals surface area contributed by atoms with Crippen molar-refractivity contribution in [3.8, 4) is 0 Å². The van der Waals surface area contributed by atoms with E-state index in [0.29, 0.717) is 10.4 Å². The highest BCUT2D eigenvalue weighted by molar-refractivity contribution is 9.10. The molecule has 1 aromatic heterocycles. The van der Waals surface area contributed by atoms with Crippen LogP contribution in [-0.2, 0) is 0 Å². The summed E-state index contributed by atoms with van der Waals surface area (Å²) in [4.78, 5) is 0. The Kier molecular flexibility index (Phi) is 1.87. The number of rotatable bonds is 1. The summed E-state index contributed by atoms with van der Waals surface area (Å²) < 4.78 is 5.49. The minimum Gasteiger partial charge on any atom is -0.359 e. The molecule has 0 saturated heterocycles. The summed E-state index contributed by atoms with van der Waals surface area (Å²) in [5, 5.41) is 3.60. The normalized spacial score (nSPS) is 13.7. The largest absolute Gasteiger partial charge is 0.359 e. The quantitative estimate of drug-likeness (QED) is 0.730. The van der Waals surface area contributed by atoms with Gasteiger partial charge in [0, 0.05) is 6.07 Å². The number of hydrogen-bond acceptors (Lipinski definition) is 3. The molecule has 0 aliphatic rings. The van der Waals surface area contributed by atoms with Crippen LogP contribution in [0, 0.1) is 0 Å². The maximum Gasteiger partial charge on any atom is 0.154 e. The lowest BCUT2D eigenvalue weighted by Gasteiger charge is -1.93. The van der Waals surface area contributed by atoms with Crippen LogP contribution in [0.4, 0.5) is 0 Å². The van der Waals surface area contributed by atoms with Gasteiger partial charge >= 0.3 is 0 Å². The van der Waals surface area contributed by atoms with Crippen LogP contribution in [0.1, 0.15) is 18.7 Å². The third-order valence-corrected chi connectivity index (χ3v) is 1.32. The number of nitrogens with zero attached hydrogens (tertiary/aromatic N) is 1. The van der Waals surface area contributed by atoms with E-state index >= 15 is 0 Å². The van der Waals surface area contributed by atoms with Crippen LogP contribution >= 0.6 is 15.9 Å². The molecule has 0 aliphatic heterocycles. The Labute approximate surface area is 61.3 Å². The van der Waals surface area contributed by atoms with Gasteiger partial charge in [-0.1, -0.05) is 5.16 Å². The molecule has 2 N–H and O–H groups in total. The third-order valence-electron chi connectivity index (χ3n) is 0.948. The molecule has 0 saturated carbocycles. The summed E-state index contributed by atoms with van der Waals surface area (Å²) in [5.41, 5.74) is 5.47. The molecule has 0 fully saturated rings. The molecule has 0 aromatic carbocycles. The highest BCUT2D eigenvalue weighted by atomic mass is 79.9. The first-order valence-electron chi connectivity index (χ1n) is 2.58. The zero-order valence-electron chi connectivity index (χ0n) is 4.97. The fourth-order valence-corrected chi connectivity index (χ4v) is 0.779. The van der Waals surface area contributed by atoms with Gasteiger partial charge in [-0.2, -0.15) is 0 Å². The maximum atomic E-state index is 5.47. The number of hydrogen-bond donors (Lipinski definition) is 1.